The Kier molecular flexibility index (Phi) is 7.10. The molecule has 4 rings (SSSR count). The van der Waals surface area contributed by atoms with Gasteiger partial charge >= 0.3 is 0 Å². The Balaban J connectivity index is 1.37. The lowest BCUT2D eigenvalue weighted by molar-refractivity contribution is -0.129. The topological polar surface area (TPSA) is 50.6 Å². The zero-order chi connectivity index (χ0) is 22.3. The number of imidazole rings is 1. The minimum absolute atomic E-state index is 0.0514. The van der Waals surface area contributed by atoms with E-state index in [1.807, 2.05) is 17.4 Å². The lowest BCUT2D eigenvalue weighted by Gasteiger charge is -2.35. The number of amides is 1. The Morgan fingerprint density at radius 2 is 1.75 bits per heavy atom. The van der Waals surface area contributed by atoms with Crippen molar-refractivity contribution in [3.05, 3.63) is 78.4 Å². The van der Waals surface area contributed by atoms with E-state index in [-0.39, 0.29) is 12.0 Å². The molecule has 0 spiro atoms. The predicted molar refractivity (Wildman–Crippen MR) is 127 cm³/mol. The number of ether oxygens (including phenoxy) is 1. The molecule has 32 heavy (non-hydrogen) atoms. The summed E-state index contributed by atoms with van der Waals surface area (Å²) in [7, 11) is 0. The summed E-state index contributed by atoms with van der Waals surface area (Å²) in [4.78, 5) is 19.9. The molecule has 1 atom stereocenters. The fourth-order valence-corrected chi connectivity index (χ4v) is 4.11. The second kappa shape index (κ2) is 10.4. The minimum atomic E-state index is 0.0514. The molecule has 1 amide bonds. The van der Waals surface area contributed by atoms with Crippen molar-refractivity contribution in [1.29, 1.82) is 0 Å². The molecule has 168 valence electrons. The second-order valence-corrected chi connectivity index (χ2v) is 8.51. The number of hydrogen-bond acceptors (Lipinski definition) is 4. The standard InChI is InChI=1S/C26H32N4O2/c1-21-3-5-23(6-4-21)7-10-26(19-28-14-13-27-20-28)32-25-11-8-24(9-12-25)30-17-15-29(16-18-30)22(2)31/h3-6,8-9,11-14,20,26H,7,10,15-19H2,1-2H3. The molecule has 1 fully saturated rings. The van der Waals surface area contributed by atoms with Crippen molar-refractivity contribution in [3.63, 3.8) is 0 Å². The van der Waals surface area contributed by atoms with E-state index in [0.717, 1.165) is 51.3 Å². The maximum atomic E-state index is 11.5. The molecule has 0 radical (unpaired) electrons. The number of anilines is 1. The van der Waals surface area contributed by atoms with Gasteiger partial charge in [-0.2, -0.15) is 0 Å². The highest BCUT2D eigenvalue weighted by Crippen LogP contribution is 2.23. The van der Waals surface area contributed by atoms with Gasteiger partial charge in [0, 0.05) is 51.2 Å². The van der Waals surface area contributed by atoms with Gasteiger partial charge in [-0.15, -0.1) is 0 Å². The largest absolute Gasteiger partial charge is 0.489 e. The average Bonchev–Trinajstić information content (AvgIpc) is 3.32. The van der Waals surface area contributed by atoms with Gasteiger partial charge in [0.05, 0.1) is 12.9 Å². The number of hydrogen-bond donors (Lipinski definition) is 0. The molecule has 1 aliphatic heterocycles. The molecular formula is C26H32N4O2. The quantitative estimate of drug-likeness (QED) is 0.541. The van der Waals surface area contributed by atoms with Gasteiger partial charge in [-0.1, -0.05) is 29.8 Å². The van der Waals surface area contributed by atoms with Gasteiger partial charge in [0.15, 0.2) is 0 Å². The van der Waals surface area contributed by atoms with Gasteiger partial charge in [0.2, 0.25) is 5.91 Å². The van der Waals surface area contributed by atoms with Crippen LogP contribution in [0.15, 0.2) is 67.3 Å². The number of nitrogens with zero attached hydrogens (tertiary/aromatic N) is 4. The van der Waals surface area contributed by atoms with Gasteiger partial charge < -0.3 is 19.1 Å². The Morgan fingerprint density at radius 1 is 1.03 bits per heavy atom. The van der Waals surface area contributed by atoms with Gasteiger partial charge in [0.25, 0.3) is 0 Å². The number of piperazine rings is 1. The van der Waals surface area contributed by atoms with E-state index < -0.39 is 0 Å². The third-order valence-electron chi connectivity index (χ3n) is 6.08. The van der Waals surface area contributed by atoms with Crippen LogP contribution in [0.1, 0.15) is 24.5 Å². The summed E-state index contributed by atoms with van der Waals surface area (Å²) >= 11 is 0. The molecule has 2 aromatic carbocycles. The summed E-state index contributed by atoms with van der Waals surface area (Å²) in [6.07, 6.45) is 7.57. The summed E-state index contributed by atoms with van der Waals surface area (Å²) < 4.78 is 8.48. The molecular weight excluding hydrogens is 400 g/mol. The summed E-state index contributed by atoms with van der Waals surface area (Å²) in [6.45, 7) is 7.79. The zero-order valence-corrected chi connectivity index (χ0v) is 19.0. The van der Waals surface area contributed by atoms with Crippen LogP contribution in [0.2, 0.25) is 0 Å². The third-order valence-corrected chi connectivity index (χ3v) is 6.08. The molecule has 0 aliphatic carbocycles. The van der Waals surface area contributed by atoms with E-state index in [2.05, 4.69) is 69.9 Å². The molecule has 0 bridgehead atoms. The van der Waals surface area contributed by atoms with Crippen molar-refractivity contribution in [1.82, 2.24) is 14.5 Å². The van der Waals surface area contributed by atoms with E-state index in [1.165, 1.54) is 16.8 Å². The first-order valence-electron chi connectivity index (χ1n) is 11.4. The highest BCUT2D eigenvalue weighted by atomic mass is 16.5. The molecule has 6 nitrogen and oxygen atoms in total. The highest BCUT2D eigenvalue weighted by Gasteiger charge is 2.19. The first kappa shape index (κ1) is 21.9. The van der Waals surface area contributed by atoms with Gasteiger partial charge in [-0.25, -0.2) is 4.98 Å². The summed E-state index contributed by atoms with van der Waals surface area (Å²) in [5.74, 6) is 1.04. The van der Waals surface area contributed by atoms with E-state index in [4.69, 9.17) is 4.74 Å². The molecule has 0 saturated carbocycles. The monoisotopic (exact) mass is 432 g/mol. The van der Waals surface area contributed by atoms with Gasteiger partial charge in [-0.3, -0.25) is 4.79 Å². The minimum Gasteiger partial charge on any atom is -0.489 e. The Labute approximate surface area is 190 Å². The van der Waals surface area contributed by atoms with Crippen molar-refractivity contribution < 1.29 is 9.53 Å². The number of aryl methyl sites for hydroxylation is 2. The summed E-state index contributed by atoms with van der Waals surface area (Å²) in [5, 5.41) is 0. The smallest absolute Gasteiger partial charge is 0.219 e. The van der Waals surface area contributed by atoms with Crippen molar-refractivity contribution in [2.75, 3.05) is 31.1 Å². The molecule has 6 heteroatoms. The zero-order valence-electron chi connectivity index (χ0n) is 19.0. The highest BCUT2D eigenvalue weighted by molar-refractivity contribution is 5.73. The molecule has 0 N–H and O–H groups in total. The molecule has 1 unspecified atom stereocenters. The number of carbonyl (C=O) groups excluding carboxylic acids is 1. The van der Waals surface area contributed by atoms with Crippen LogP contribution in [0, 0.1) is 6.92 Å². The first-order chi connectivity index (χ1) is 15.6. The number of benzene rings is 2. The number of carbonyl (C=O) groups is 1. The SMILES string of the molecule is CC(=O)N1CCN(c2ccc(OC(CCc3ccc(C)cc3)Cn3ccnc3)cc2)CC1. The Hall–Kier alpha value is -3.28. The summed E-state index contributed by atoms with van der Waals surface area (Å²) in [5.41, 5.74) is 3.78. The van der Waals surface area contributed by atoms with Crippen LogP contribution in [0.4, 0.5) is 5.69 Å². The van der Waals surface area contributed by atoms with Crippen LogP contribution in [-0.2, 0) is 17.8 Å². The Morgan fingerprint density at radius 3 is 2.38 bits per heavy atom. The van der Waals surface area contributed by atoms with E-state index in [0.29, 0.717) is 0 Å². The normalized spacial score (nSPS) is 14.9. The fourth-order valence-electron chi connectivity index (χ4n) is 4.11. The second-order valence-electron chi connectivity index (χ2n) is 8.51. The average molecular weight is 433 g/mol. The van der Waals surface area contributed by atoms with Crippen LogP contribution in [-0.4, -0.2) is 52.6 Å². The molecule has 1 aliphatic rings. The number of rotatable bonds is 8. The number of aromatic nitrogens is 2. The lowest BCUT2D eigenvalue weighted by Crippen LogP contribution is -2.48. The van der Waals surface area contributed by atoms with Crippen LogP contribution < -0.4 is 9.64 Å². The van der Waals surface area contributed by atoms with Crippen LogP contribution in [0.25, 0.3) is 0 Å². The van der Waals surface area contributed by atoms with Crippen molar-refractivity contribution in [2.24, 2.45) is 0 Å². The van der Waals surface area contributed by atoms with Crippen LogP contribution in [0.3, 0.4) is 0 Å². The molecule has 3 aromatic rings. The Bertz CT molecular complexity index is 976. The third kappa shape index (κ3) is 5.90. The molecule has 2 heterocycles. The summed E-state index contributed by atoms with van der Waals surface area (Å²) in [6, 6.07) is 17.1. The van der Waals surface area contributed by atoms with E-state index in [9.17, 15) is 4.79 Å². The lowest BCUT2D eigenvalue weighted by atomic mass is 10.1. The van der Waals surface area contributed by atoms with Crippen molar-refractivity contribution >= 4 is 11.6 Å². The maximum Gasteiger partial charge on any atom is 0.219 e. The van der Waals surface area contributed by atoms with Crippen LogP contribution in [0.5, 0.6) is 5.75 Å². The maximum absolute atomic E-state index is 11.5. The van der Waals surface area contributed by atoms with Crippen molar-refractivity contribution in [3.8, 4) is 5.75 Å². The molecule has 1 aromatic heterocycles. The van der Waals surface area contributed by atoms with E-state index >= 15 is 0 Å². The van der Waals surface area contributed by atoms with Gasteiger partial charge in [0.1, 0.15) is 11.9 Å². The molecule has 1 saturated heterocycles. The fraction of sp³-hybridized carbons (Fsp3) is 0.385. The first-order valence-corrected chi connectivity index (χ1v) is 11.4. The van der Waals surface area contributed by atoms with Crippen molar-refractivity contribution in [2.45, 2.75) is 39.3 Å². The predicted octanol–water partition coefficient (Wildman–Crippen LogP) is 3.94. The van der Waals surface area contributed by atoms with Crippen LogP contribution >= 0.6 is 0 Å². The van der Waals surface area contributed by atoms with Gasteiger partial charge in [-0.05, 0) is 49.6 Å². The van der Waals surface area contributed by atoms with E-state index in [1.54, 1.807) is 13.1 Å².